The Morgan fingerprint density at radius 1 is 0.857 bits per heavy atom. The van der Waals surface area contributed by atoms with Gasteiger partial charge in [0.1, 0.15) is 19.3 Å². The Bertz CT molecular complexity index is 558. The molecule has 0 heterocycles. The van der Waals surface area contributed by atoms with E-state index in [9.17, 15) is 14.3 Å². The molecule has 0 saturated carbocycles. The van der Waals surface area contributed by atoms with Crippen LogP contribution in [0, 0.1) is 0 Å². The van der Waals surface area contributed by atoms with Gasteiger partial charge < -0.3 is 23.4 Å². The molecule has 210 valence electrons. The maximum absolute atomic E-state index is 12.1. The number of unbranched alkanes of at least 4 members (excludes halogenated alkanes) is 13. The quantitative estimate of drug-likeness (QED) is 0.0579. The Labute approximate surface area is 219 Å². The van der Waals surface area contributed by atoms with Crippen LogP contribution in [0.25, 0.3) is 0 Å². The van der Waals surface area contributed by atoms with Crippen molar-refractivity contribution < 1.29 is 32.7 Å². The standard InChI is InChI=1S/C26H54NO6PS/c1-6-7-8-9-10-11-12-13-14-15-16-17-18-19-21-31-23-26(33-25(2)28)24-35-34(29,30)32-22-20-27(3,4)5/h26H,6-24H2,1-5H3. The minimum Gasteiger partial charge on any atom is -0.770 e. The summed E-state index contributed by atoms with van der Waals surface area (Å²) in [6, 6.07) is 0. The minimum atomic E-state index is -4.04. The lowest BCUT2D eigenvalue weighted by Crippen LogP contribution is -2.37. The monoisotopic (exact) mass is 539 g/mol. The number of rotatable bonds is 25. The minimum absolute atomic E-state index is 0.101. The molecular weight excluding hydrogens is 485 g/mol. The van der Waals surface area contributed by atoms with Crippen LogP contribution < -0.4 is 4.89 Å². The molecule has 0 amide bonds. The van der Waals surface area contributed by atoms with Gasteiger partial charge in [0.05, 0.1) is 27.7 Å². The van der Waals surface area contributed by atoms with Crippen LogP contribution >= 0.6 is 18.2 Å². The number of ether oxygens (including phenoxy) is 2. The highest BCUT2D eigenvalue weighted by molar-refractivity contribution is 8.54. The summed E-state index contributed by atoms with van der Waals surface area (Å²) in [5, 5.41) is 0. The fourth-order valence-corrected chi connectivity index (χ4v) is 5.99. The zero-order valence-electron chi connectivity index (χ0n) is 23.3. The molecule has 0 saturated heterocycles. The summed E-state index contributed by atoms with van der Waals surface area (Å²) in [6.07, 6.45) is 17.7. The number of carbonyl (C=O) groups is 1. The molecule has 0 N–H and O–H groups in total. The summed E-state index contributed by atoms with van der Waals surface area (Å²) in [5.74, 6) is -0.342. The molecule has 0 aliphatic heterocycles. The van der Waals surface area contributed by atoms with E-state index in [0.29, 0.717) is 29.0 Å². The third kappa shape index (κ3) is 26.8. The SMILES string of the molecule is CCCCCCCCCCCCCCCCOCC(CSP(=O)([O-])OCC[N+](C)(C)C)OC(C)=O. The van der Waals surface area contributed by atoms with Crippen molar-refractivity contribution in [3.63, 3.8) is 0 Å². The highest BCUT2D eigenvalue weighted by Gasteiger charge is 2.19. The van der Waals surface area contributed by atoms with Crippen LogP contribution in [0.4, 0.5) is 0 Å². The van der Waals surface area contributed by atoms with Crippen molar-refractivity contribution in [3.05, 3.63) is 0 Å². The largest absolute Gasteiger partial charge is 0.770 e. The Kier molecular flexibility index (Phi) is 21.9. The molecule has 0 rings (SSSR count). The molecule has 2 unspecified atom stereocenters. The van der Waals surface area contributed by atoms with Crippen LogP contribution in [0.3, 0.4) is 0 Å². The topological polar surface area (TPSA) is 84.9 Å². The van der Waals surface area contributed by atoms with E-state index in [1.54, 1.807) is 0 Å². The normalized spacial score (nSPS) is 14.6. The van der Waals surface area contributed by atoms with Crippen LogP contribution in [0.5, 0.6) is 0 Å². The van der Waals surface area contributed by atoms with E-state index in [0.717, 1.165) is 12.8 Å². The van der Waals surface area contributed by atoms with E-state index in [1.807, 2.05) is 21.1 Å². The van der Waals surface area contributed by atoms with Gasteiger partial charge in [-0.25, -0.2) is 0 Å². The molecule has 35 heavy (non-hydrogen) atoms. The smallest absolute Gasteiger partial charge is 0.303 e. The number of hydrogen-bond acceptors (Lipinski definition) is 7. The summed E-state index contributed by atoms with van der Waals surface area (Å²) in [6.45, 7) is 1.05. The fraction of sp³-hybridized carbons (Fsp3) is 0.962. The average Bonchev–Trinajstić information content (AvgIpc) is 2.75. The first-order chi connectivity index (χ1) is 16.6. The lowest BCUT2D eigenvalue weighted by Gasteiger charge is -2.28. The van der Waals surface area contributed by atoms with Crippen molar-refractivity contribution >= 4 is 24.1 Å². The van der Waals surface area contributed by atoms with Gasteiger partial charge in [-0.15, -0.1) is 0 Å². The number of likely N-dealkylation sites (N-methyl/N-ethyl adjacent to an activating group) is 1. The van der Waals surface area contributed by atoms with E-state index in [1.165, 1.54) is 84.0 Å². The van der Waals surface area contributed by atoms with Crippen molar-refractivity contribution in [2.24, 2.45) is 0 Å². The number of hydrogen-bond donors (Lipinski definition) is 0. The van der Waals surface area contributed by atoms with Crippen LogP contribution in [0.15, 0.2) is 0 Å². The molecule has 0 spiro atoms. The molecule has 0 bridgehead atoms. The molecular formula is C26H54NO6PS. The Hall–Kier alpha value is -0.110. The summed E-state index contributed by atoms with van der Waals surface area (Å²) >= 11 is 0.681. The van der Waals surface area contributed by atoms with Crippen molar-refractivity contribution in [1.29, 1.82) is 0 Å². The highest BCUT2D eigenvalue weighted by atomic mass is 32.7. The van der Waals surface area contributed by atoms with Crippen molar-refractivity contribution in [2.75, 3.05) is 53.3 Å². The van der Waals surface area contributed by atoms with E-state index in [-0.39, 0.29) is 19.0 Å². The molecule has 0 aromatic heterocycles. The van der Waals surface area contributed by atoms with Gasteiger partial charge in [0.25, 0.3) is 0 Å². The predicted octanol–water partition coefficient (Wildman–Crippen LogP) is 6.34. The first-order valence-corrected chi connectivity index (χ1v) is 16.8. The molecule has 7 nitrogen and oxygen atoms in total. The molecule has 0 aliphatic rings. The van der Waals surface area contributed by atoms with Gasteiger partial charge in [0.15, 0.2) is 6.80 Å². The summed E-state index contributed by atoms with van der Waals surface area (Å²) in [5.41, 5.74) is 0. The molecule has 0 aromatic carbocycles. The van der Waals surface area contributed by atoms with Crippen LogP contribution in [-0.4, -0.2) is 69.8 Å². The molecule has 2 atom stereocenters. The Balaban J connectivity index is 3.77. The van der Waals surface area contributed by atoms with Gasteiger partial charge in [-0.3, -0.25) is 9.36 Å². The first kappa shape index (κ1) is 34.9. The van der Waals surface area contributed by atoms with Gasteiger partial charge in [-0.05, 0) is 6.42 Å². The van der Waals surface area contributed by atoms with Crippen LogP contribution in [0.1, 0.15) is 104 Å². The number of quaternary nitrogens is 1. The second kappa shape index (κ2) is 21.9. The van der Waals surface area contributed by atoms with Crippen molar-refractivity contribution in [2.45, 2.75) is 110 Å². The molecule has 0 fully saturated rings. The van der Waals surface area contributed by atoms with Gasteiger partial charge in [-0.1, -0.05) is 102 Å². The predicted molar refractivity (Wildman–Crippen MR) is 146 cm³/mol. The maximum atomic E-state index is 12.1. The molecule has 0 aromatic rings. The van der Waals surface area contributed by atoms with Gasteiger partial charge in [0.2, 0.25) is 0 Å². The van der Waals surface area contributed by atoms with Gasteiger partial charge >= 0.3 is 5.97 Å². The average molecular weight is 540 g/mol. The second-order valence-corrected chi connectivity index (χ2v) is 14.4. The van der Waals surface area contributed by atoms with Gasteiger partial charge in [-0.2, -0.15) is 0 Å². The van der Waals surface area contributed by atoms with E-state index in [4.69, 9.17) is 14.0 Å². The van der Waals surface area contributed by atoms with Crippen molar-refractivity contribution in [1.82, 2.24) is 0 Å². The lowest BCUT2D eigenvalue weighted by molar-refractivity contribution is -0.870. The Morgan fingerprint density at radius 3 is 1.80 bits per heavy atom. The van der Waals surface area contributed by atoms with Crippen molar-refractivity contribution in [3.8, 4) is 0 Å². The van der Waals surface area contributed by atoms with Gasteiger partial charge in [0, 0.05) is 19.3 Å². The molecule has 9 heteroatoms. The number of nitrogens with zero attached hydrogens (tertiary/aromatic N) is 1. The maximum Gasteiger partial charge on any atom is 0.303 e. The summed E-state index contributed by atoms with van der Waals surface area (Å²) in [7, 11) is 5.91. The lowest BCUT2D eigenvalue weighted by atomic mass is 10.0. The zero-order chi connectivity index (χ0) is 26.4. The summed E-state index contributed by atoms with van der Waals surface area (Å²) < 4.78 is 28.7. The van der Waals surface area contributed by atoms with E-state index >= 15 is 0 Å². The third-order valence-corrected chi connectivity index (χ3v) is 8.76. The number of carbonyl (C=O) groups excluding carboxylic acids is 1. The van der Waals surface area contributed by atoms with Crippen LogP contribution in [0.2, 0.25) is 0 Å². The van der Waals surface area contributed by atoms with E-state index < -0.39 is 18.9 Å². The fourth-order valence-electron chi connectivity index (χ4n) is 3.60. The number of esters is 1. The Morgan fingerprint density at radius 2 is 1.34 bits per heavy atom. The third-order valence-electron chi connectivity index (χ3n) is 5.71. The van der Waals surface area contributed by atoms with Crippen LogP contribution in [-0.2, 0) is 23.4 Å². The molecule has 0 radical (unpaired) electrons. The molecule has 0 aliphatic carbocycles. The first-order valence-electron chi connectivity index (χ1n) is 13.7. The zero-order valence-corrected chi connectivity index (χ0v) is 25.0. The van der Waals surface area contributed by atoms with E-state index in [2.05, 4.69) is 6.92 Å². The second-order valence-electron chi connectivity index (χ2n) is 10.5. The highest BCUT2D eigenvalue weighted by Crippen LogP contribution is 2.51. The summed E-state index contributed by atoms with van der Waals surface area (Å²) in [4.78, 5) is 23.5.